The zero-order chi connectivity index (χ0) is 24.9. The number of halogens is 4. The number of nitro benzene ring substituents is 2. The number of hydrogen-bond acceptors (Lipinski definition) is 8. The number of benzene rings is 2. The van der Waals surface area contributed by atoms with E-state index in [1.165, 1.54) is 13.8 Å². The molecule has 0 aliphatic carbocycles. The maximum absolute atomic E-state index is 13.4. The van der Waals surface area contributed by atoms with Gasteiger partial charge in [-0.3, -0.25) is 20.2 Å². The highest BCUT2D eigenvalue weighted by atomic mass is 79.9. The molecule has 2 aromatic rings. The Morgan fingerprint density at radius 1 is 0.875 bits per heavy atom. The van der Waals surface area contributed by atoms with Gasteiger partial charge in [-0.05, 0) is 57.3 Å². The topological polar surface area (TPSA) is 139 Å². The number of nitrogens with zero attached hydrogens (tertiary/aromatic N) is 2. The molecule has 0 bridgehead atoms. The second-order valence-electron chi connectivity index (χ2n) is 5.89. The quantitative estimate of drug-likeness (QED) is 0.272. The third kappa shape index (κ3) is 5.62. The first-order valence-corrected chi connectivity index (χ1v) is 9.81. The van der Waals surface area contributed by atoms with E-state index in [0.717, 1.165) is 26.4 Å². The molecular weight excluding hydrogens is 570 g/mol. The van der Waals surface area contributed by atoms with E-state index in [0.29, 0.717) is 0 Å². The summed E-state index contributed by atoms with van der Waals surface area (Å²) in [5, 5.41) is 21.2. The molecule has 32 heavy (non-hydrogen) atoms. The largest absolute Gasteiger partial charge is 0.465 e. The van der Waals surface area contributed by atoms with Crippen LogP contribution in [-0.2, 0) is 9.47 Å². The van der Waals surface area contributed by atoms with Gasteiger partial charge >= 0.3 is 23.3 Å². The standard InChI is InChI=1S/2C9H7BrFNO4/c1-4-5(9(13)16-2)3-6(10)7(11)8(4)12(14)15;1-4-5(9(13)16-2)3-6(12(14)15)8(11)7(4)10/h2*3H,1-2H3. The van der Waals surface area contributed by atoms with Crippen molar-refractivity contribution in [1.82, 2.24) is 0 Å². The fourth-order valence-corrected chi connectivity index (χ4v) is 3.23. The summed E-state index contributed by atoms with van der Waals surface area (Å²) in [7, 11) is 2.29. The van der Waals surface area contributed by atoms with Crippen LogP contribution in [0.1, 0.15) is 31.8 Å². The fraction of sp³-hybridized carbons (Fsp3) is 0.222. The lowest BCUT2D eigenvalue weighted by Gasteiger charge is -2.06. The lowest BCUT2D eigenvalue weighted by atomic mass is 10.1. The fourth-order valence-electron chi connectivity index (χ4n) is 2.40. The van der Waals surface area contributed by atoms with Gasteiger partial charge in [-0.15, -0.1) is 0 Å². The lowest BCUT2D eigenvalue weighted by Crippen LogP contribution is -2.08. The number of ether oxygens (including phenoxy) is 2. The van der Waals surface area contributed by atoms with E-state index in [1.807, 2.05) is 0 Å². The minimum atomic E-state index is -1.00. The number of hydrogen-bond donors (Lipinski definition) is 0. The molecule has 0 saturated carbocycles. The van der Waals surface area contributed by atoms with Crippen molar-refractivity contribution in [3.05, 3.63) is 75.2 Å². The molecule has 0 radical (unpaired) electrons. The molecule has 0 spiro atoms. The monoisotopic (exact) mass is 582 g/mol. The third-order valence-electron chi connectivity index (χ3n) is 4.07. The molecule has 0 atom stereocenters. The molecule has 0 fully saturated rings. The summed E-state index contributed by atoms with van der Waals surface area (Å²) in [6.07, 6.45) is 0. The summed E-state index contributed by atoms with van der Waals surface area (Å²) in [6, 6.07) is 2.02. The van der Waals surface area contributed by atoms with E-state index in [-0.39, 0.29) is 31.2 Å². The highest BCUT2D eigenvalue weighted by Gasteiger charge is 2.27. The number of methoxy groups -OCH3 is 2. The predicted molar refractivity (Wildman–Crippen MR) is 114 cm³/mol. The van der Waals surface area contributed by atoms with Crippen LogP contribution in [0, 0.1) is 45.7 Å². The third-order valence-corrected chi connectivity index (χ3v) is 5.59. The van der Waals surface area contributed by atoms with Crippen molar-refractivity contribution >= 4 is 55.2 Å². The van der Waals surface area contributed by atoms with Gasteiger partial charge in [0.25, 0.3) is 0 Å². The van der Waals surface area contributed by atoms with Crippen molar-refractivity contribution in [1.29, 1.82) is 0 Å². The number of rotatable bonds is 4. The molecule has 0 amide bonds. The molecule has 14 heteroatoms. The molecule has 2 aromatic carbocycles. The van der Waals surface area contributed by atoms with Gasteiger partial charge in [0.15, 0.2) is 0 Å². The van der Waals surface area contributed by atoms with Crippen molar-refractivity contribution in [2.75, 3.05) is 14.2 Å². The number of carbonyl (C=O) groups is 2. The molecule has 172 valence electrons. The molecule has 0 aliphatic rings. The molecule has 10 nitrogen and oxygen atoms in total. The van der Waals surface area contributed by atoms with Crippen molar-refractivity contribution in [2.45, 2.75) is 13.8 Å². The summed E-state index contributed by atoms with van der Waals surface area (Å²) in [4.78, 5) is 42.0. The van der Waals surface area contributed by atoms with Gasteiger partial charge in [0.2, 0.25) is 11.6 Å². The summed E-state index contributed by atoms with van der Waals surface area (Å²) in [6.45, 7) is 2.75. The second-order valence-corrected chi connectivity index (χ2v) is 7.53. The van der Waals surface area contributed by atoms with Crippen LogP contribution < -0.4 is 0 Å². The van der Waals surface area contributed by atoms with Crippen LogP contribution in [0.5, 0.6) is 0 Å². The van der Waals surface area contributed by atoms with Crippen molar-refractivity contribution < 1.29 is 37.7 Å². The Balaban J connectivity index is 0.000000320. The highest BCUT2D eigenvalue weighted by molar-refractivity contribution is 9.10. The average molecular weight is 584 g/mol. The minimum Gasteiger partial charge on any atom is -0.465 e. The van der Waals surface area contributed by atoms with Gasteiger partial charge in [-0.25, -0.2) is 9.59 Å². The Labute approximate surface area is 196 Å². The molecule has 0 N–H and O–H groups in total. The molecule has 0 heterocycles. The summed E-state index contributed by atoms with van der Waals surface area (Å²) < 4.78 is 35.5. The van der Waals surface area contributed by atoms with Crippen LogP contribution in [0.2, 0.25) is 0 Å². The molecule has 0 aliphatic heterocycles. The predicted octanol–water partition coefficient (Wildman–Crippen LogP) is 5.18. The minimum absolute atomic E-state index is 0.0394. The van der Waals surface area contributed by atoms with Gasteiger partial charge in [0.1, 0.15) is 0 Å². The van der Waals surface area contributed by atoms with Crippen LogP contribution in [0.25, 0.3) is 0 Å². The van der Waals surface area contributed by atoms with Crippen LogP contribution in [-0.4, -0.2) is 36.0 Å². The first-order chi connectivity index (χ1) is 14.8. The first kappa shape index (κ1) is 27.0. The van der Waals surface area contributed by atoms with Gasteiger partial charge < -0.3 is 9.47 Å². The zero-order valence-electron chi connectivity index (χ0n) is 16.8. The van der Waals surface area contributed by atoms with Gasteiger partial charge in [-0.1, -0.05) is 0 Å². The summed E-state index contributed by atoms with van der Waals surface area (Å²) in [5.74, 6) is -3.51. The maximum Gasteiger partial charge on any atom is 0.338 e. The average Bonchev–Trinajstić information content (AvgIpc) is 2.73. The normalized spacial score (nSPS) is 10.0. The molecular formula is C18H14Br2F2N2O8. The number of carbonyl (C=O) groups excluding carboxylic acids is 2. The van der Waals surface area contributed by atoms with E-state index in [9.17, 15) is 38.6 Å². The van der Waals surface area contributed by atoms with E-state index in [1.54, 1.807) is 0 Å². The zero-order valence-corrected chi connectivity index (χ0v) is 20.0. The van der Waals surface area contributed by atoms with Crippen molar-refractivity contribution in [3.63, 3.8) is 0 Å². The Morgan fingerprint density at radius 3 is 1.75 bits per heavy atom. The van der Waals surface area contributed by atoms with Crippen LogP contribution in [0.3, 0.4) is 0 Å². The second kappa shape index (κ2) is 11.0. The first-order valence-electron chi connectivity index (χ1n) is 8.22. The highest BCUT2D eigenvalue weighted by Crippen LogP contribution is 2.32. The SMILES string of the molecule is COC(=O)c1cc(Br)c(F)c([N+](=O)[O-])c1C.COC(=O)c1cc([N+](=O)[O-])c(F)c(Br)c1C. The van der Waals surface area contributed by atoms with Gasteiger partial charge in [0, 0.05) is 11.6 Å². The van der Waals surface area contributed by atoms with Crippen LogP contribution in [0.15, 0.2) is 21.1 Å². The maximum atomic E-state index is 13.4. The smallest absolute Gasteiger partial charge is 0.338 e. The van der Waals surface area contributed by atoms with E-state index < -0.39 is 44.8 Å². The Kier molecular flexibility index (Phi) is 9.33. The summed E-state index contributed by atoms with van der Waals surface area (Å²) >= 11 is 5.67. The van der Waals surface area contributed by atoms with Crippen LogP contribution >= 0.6 is 31.9 Å². The summed E-state index contributed by atoms with van der Waals surface area (Å²) in [5.41, 5.74) is -1.37. The molecule has 0 unspecified atom stereocenters. The number of esters is 2. The van der Waals surface area contributed by atoms with E-state index in [2.05, 4.69) is 41.3 Å². The van der Waals surface area contributed by atoms with Crippen molar-refractivity contribution in [3.8, 4) is 0 Å². The molecule has 0 aromatic heterocycles. The Bertz CT molecular complexity index is 1110. The Morgan fingerprint density at radius 2 is 1.34 bits per heavy atom. The van der Waals surface area contributed by atoms with Gasteiger partial charge in [0.05, 0.1) is 44.1 Å². The van der Waals surface area contributed by atoms with Gasteiger partial charge in [-0.2, -0.15) is 8.78 Å². The van der Waals surface area contributed by atoms with E-state index in [4.69, 9.17) is 0 Å². The molecule has 0 saturated heterocycles. The lowest BCUT2D eigenvalue weighted by molar-refractivity contribution is -0.388. The number of nitro groups is 2. The van der Waals surface area contributed by atoms with Crippen LogP contribution in [0.4, 0.5) is 20.2 Å². The molecule has 2 rings (SSSR count). The van der Waals surface area contributed by atoms with Crippen molar-refractivity contribution in [2.24, 2.45) is 0 Å². The Hall–Kier alpha value is -3.00. The van der Waals surface area contributed by atoms with E-state index >= 15 is 0 Å².